The van der Waals surface area contributed by atoms with Gasteiger partial charge in [0, 0.05) is 31.9 Å². The van der Waals surface area contributed by atoms with E-state index in [-0.39, 0.29) is 5.56 Å². The zero-order valence-electron chi connectivity index (χ0n) is 16.9. The lowest BCUT2D eigenvalue weighted by atomic mass is 10.1. The number of alkyl halides is 3. The molecule has 0 saturated carbocycles. The van der Waals surface area contributed by atoms with Crippen molar-refractivity contribution in [2.24, 2.45) is 0 Å². The zero-order chi connectivity index (χ0) is 22.9. The molecule has 1 aromatic carbocycles. The number of hydrogen-bond donors (Lipinski definition) is 0. The number of nitrogens with zero attached hydrogens (tertiary/aromatic N) is 2. The molecule has 0 unspecified atom stereocenters. The summed E-state index contributed by atoms with van der Waals surface area (Å²) < 4.78 is 69.7. The molecule has 1 fully saturated rings. The smallest absolute Gasteiger partial charge is 0.444 e. The Kier molecular flexibility index (Phi) is 6.60. The van der Waals surface area contributed by atoms with E-state index in [1.54, 1.807) is 20.8 Å². The van der Waals surface area contributed by atoms with Crippen molar-refractivity contribution in [3.05, 3.63) is 23.8 Å². The van der Waals surface area contributed by atoms with E-state index < -0.39 is 38.9 Å². The monoisotopic (exact) mass is 452 g/mol. The van der Waals surface area contributed by atoms with Gasteiger partial charge in [-0.3, -0.25) is 4.79 Å². The summed E-state index contributed by atoms with van der Waals surface area (Å²) in [6, 6.07) is 3.64. The number of halogens is 3. The van der Waals surface area contributed by atoms with Gasteiger partial charge in [-0.1, -0.05) is 0 Å². The molecule has 0 atom stereocenters. The average Bonchev–Trinajstić information content (AvgIpc) is 2.59. The van der Waals surface area contributed by atoms with Crippen LogP contribution < -0.4 is 9.08 Å². The molecule has 0 radical (unpaired) electrons. The van der Waals surface area contributed by atoms with Crippen molar-refractivity contribution in [1.82, 2.24) is 4.90 Å². The van der Waals surface area contributed by atoms with Crippen LogP contribution in [0.2, 0.25) is 0 Å². The Morgan fingerprint density at radius 2 is 1.60 bits per heavy atom. The Balaban J connectivity index is 2.16. The summed E-state index contributed by atoms with van der Waals surface area (Å²) in [5.41, 5.74) is -6.05. The topological polar surface area (TPSA) is 93.2 Å². The fourth-order valence-corrected chi connectivity index (χ4v) is 3.18. The maximum atomic E-state index is 12.6. The highest BCUT2D eigenvalue weighted by molar-refractivity contribution is 7.88. The fraction of sp³-hybridized carbons (Fsp3) is 0.556. The molecule has 0 N–H and O–H groups in total. The highest BCUT2D eigenvalue weighted by Crippen LogP contribution is 2.32. The van der Waals surface area contributed by atoms with Crippen LogP contribution in [-0.4, -0.2) is 62.5 Å². The molecule has 1 aliphatic heterocycles. The van der Waals surface area contributed by atoms with Crippen LogP contribution in [0.3, 0.4) is 0 Å². The van der Waals surface area contributed by atoms with E-state index in [9.17, 15) is 31.2 Å². The summed E-state index contributed by atoms with van der Waals surface area (Å²) in [5, 5.41) is 0. The van der Waals surface area contributed by atoms with Crippen LogP contribution in [0.5, 0.6) is 5.75 Å². The van der Waals surface area contributed by atoms with Gasteiger partial charge in [0.25, 0.3) is 0 Å². The quantitative estimate of drug-likeness (QED) is 0.394. The minimum Gasteiger partial charge on any atom is -0.444 e. The van der Waals surface area contributed by atoms with Crippen LogP contribution >= 0.6 is 0 Å². The predicted molar refractivity (Wildman–Crippen MR) is 102 cm³/mol. The fourth-order valence-electron chi connectivity index (χ4n) is 2.70. The van der Waals surface area contributed by atoms with E-state index in [0.717, 1.165) is 13.0 Å². The Morgan fingerprint density at radius 1 is 1.03 bits per heavy atom. The number of ketones is 1. The number of hydrogen-bond acceptors (Lipinski definition) is 7. The molecule has 2 rings (SSSR count). The first-order valence-corrected chi connectivity index (χ1v) is 10.4. The molecular weight excluding hydrogens is 429 g/mol. The van der Waals surface area contributed by atoms with E-state index in [1.165, 1.54) is 17.0 Å². The van der Waals surface area contributed by atoms with Crippen molar-refractivity contribution >= 4 is 27.7 Å². The predicted octanol–water partition coefficient (Wildman–Crippen LogP) is 3.17. The molecule has 12 heteroatoms. The van der Waals surface area contributed by atoms with E-state index >= 15 is 0 Å². The number of benzene rings is 1. The Hall–Kier alpha value is -2.50. The van der Waals surface area contributed by atoms with Gasteiger partial charge in [-0.05, 0) is 45.9 Å². The van der Waals surface area contributed by atoms with Gasteiger partial charge in [-0.15, -0.1) is 0 Å². The largest absolute Gasteiger partial charge is 0.534 e. The zero-order valence-corrected chi connectivity index (χ0v) is 17.8. The summed E-state index contributed by atoms with van der Waals surface area (Å²) in [6.07, 6.45) is -0.451. The van der Waals surface area contributed by atoms with Crippen LogP contribution in [0, 0.1) is 0 Å². The first kappa shape index (κ1) is 23.8. The van der Waals surface area contributed by atoms with E-state index in [2.05, 4.69) is 4.18 Å². The van der Waals surface area contributed by atoms with Gasteiger partial charge in [-0.25, -0.2) is 4.79 Å². The second kappa shape index (κ2) is 8.32. The molecule has 0 aliphatic carbocycles. The third-order valence-corrected chi connectivity index (χ3v) is 5.09. The number of ether oxygens (including phenoxy) is 1. The molecule has 1 saturated heterocycles. The molecule has 8 nitrogen and oxygen atoms in total. The van der Waals surface area contributed by atoms with E-state index in [0.29, 0.717) is 31.9 Å². The van der Waals surface area contributed by atoms with Gasteiger partial charge in [0.2, 0.25) is 0 Å². The average molecular weight is 452 g/mol. The number of amides is 1. The van der Waals surface area contributed by atoms with Crippen LogP contribution in [-0.2, 0) is 14.9 Å². The molecule has 0 aromatic heterocycles. The molecule has 168 valence electrons. The molecule has 1 aromatic rings. The summed E-state index contributed by atoms with van der Waals surface area (Å²) in [5.74, 6) is -1.35. The van der Waals surface area contributed by atoms with Crippen molar-refractivity contribution in [2.45, 2.75) is 38.8 Å². The van der Waals surface area contributed by atoms with Crippen LogP contribution in [0.25, 0.3) is 0 Å². The van der Waals surface area contributed by atoms with Gasteiger partial charge in [0.15, 0.2) is 11.5 Å². The highest BCUT2D eigenvalue weighted by Gasteiger charge is 2.49. The summed E-state index contributed by atoms with van der Waals surface area (Å²) >= 11 is 0. The highest BCUT2D eigenvalue weighted by atomic mass is 32.2. The maximum Gasteiger partial charge on any atom is 0.534 e. The van der Waals surface area contributed by atoms with E-state index in [1.807, 2.05) is 4.90 Å². The number of carbonyl (C=O) groups is 2. The van der Waals surface area contributed by atoms with Crippen molar-refractivity contribution in [3.63, 3.8) is 0 Å². The first-order valence-electron chi connectivity index (χ1n) is 8.99. The lowest BCUT2D eigenvalue weighted by Crippen LogP contribution is -2.50. The number of Topliss-reactive ketones (excluding diaryl/α,β-unsaturated/α-hetero) is 1. The van der Waals surface area contributed by atoms with Crippen LogP contribution in [0.4, 0.5) is 23.7 Å². The number of carbonyl (C=O) groups excluding carboxylic acids is 2. The Bertz CT molecular complexity index is 917. The number of anilines is 1. The summed E-state index contributed by atoms with van der Waals surface area (Å²) in [6.45, 7) is 7.81. The molecule has 1 aliphatic rings. The number of rotatable bonds is 4. The van der Waals surface area contributed by atoms with Gasteiger partial charge < -0.3 is 18.7 Å². The summed E-state index contributed by atoms with van der Waals surface area (Å²) in [4.78, 5) is 27.3. The Morgan fingerprint density at radius 3 is 2.07 bits per heavy atom. The molecule has 1 heterocycles. The van der Waals surface area contributed by atoms with Gasteiger partial charge in [0.1, 0.15) is 5.60 Å². The van der Waals surface area contributed by atoms with E-state index in [4.69, 9.17) is 4.74 Å². The third kappa shape index (κ3) is 5.77. The number of piperazine rings is 1. The normalized spacial score (nSPS) is 15.7. The molecule has 0 spiro atoms. The lowest BCUT2D eigenvalue weighted by molar-refractivity contribution is -0.0500. The second-order valence-electron chi connectivity index (χ2n) is 7.67. The van der Waals surface area contributed by atoms with Crippen molar-refractivity contribution in [2.75, 3.05) is 31.1 Å². The SMILES string of the molecule is CC(=O)c1cc(N2CCN(C(=O)OC(C)(C)C)CC2)ccc1OS(=O)(=O)C(F)(F)F. The van der Waals surface area contributed by atoms with Crippen molar-refractivity contribution in [3.8, 4) is 5.75 Å². The van der Waals surface area contributed by atoms with Gasteiger partial charge >= 0.3 is 21.7 Å². The minimum atomic E-state index is -5.90. The van der Waals surface area contributed by atoms with Crippen molar-refractivity contribution < 1.29 is 40.1 Å². The molecule has 0 bridgehead atoms. The molecular formula is C18H23F3N2O6S. The van der Waals surface area contributed by atoms with Gasteiger partial charge in [0.05, 0.1) is 5.56 Å². The standard InChI is InChI=1S/C18H23F3N2O6S/c1-12(24)14-11-13(5-6-15(14)29-30(26,27)18(19,20)21)22-7-9-23(10-8-22)16(25)28-17(2,3)4/h5-6,11H,7-10H2,1-4H3. The third-order valence-electron chi connectivity index (χ3n) is 4.12. The Labute approximate surface area is 172 Å². The van der Waals surface area contributed by atoms with Gasteiger partial charge in [-0.2, -0.15) is 21.6 Å². The second-order valence-corrected chi connectivity index (χ2v) is 9.21. The van der Waals surface area contributed by atoms with Crippen LogP contribution in [0.1, 0.15) is 38.1 Å². The first-order chi connectivity index (χ1) is 13.6. The maximum absolute atomic E-state index is 12.6. The minimum absolute atomic E-state index is 0.296. The summed E-state index contributed by atoms with van der Waals surface area (Å²) in [7, 11) is -5.90. The van der Waals surface area contributed by atoms with Crippen molar-refractivity contribution in [1.29, 1.82) is 0 Å². The lowest BCUT2D eigenvalue weighted by Gasteiger charge is -2.37. The van der Waals surface area contributed by atoms with Crippen LogP contribution in [0.15, 0.2) is 18.2 Å². The molecule has 1 amide bonds. The molecule has 30 heavy (non-hydrogen) atoms.